The van der Waals surface area contributed by atoms with Crippen molar-refractivity contribution in [3.8, 4) is 17.0 Å². The van der Waals surface area contributed by atoms with Crippen molar-refractivity contribution in [1.82, 2.24) is 9.97 Å². The molecule has 6 nitrogen and oxygen atoms in total. The first-order valence-corrected chi connectivity index (χ1v) is 9.79. The van der Waals surface area contributed by atoms with Crippen LogP contribution in [0.3, 0.4) is 0 Å². The summed E-state index contributed by atoms with van der Waals surface area (Å²) in [5.74, 6) is 1.37. The predicted molar refractivity (Wildman–Crippen MR) is 110 cm³/mol. The van der Waals surface area contributed by atoms with E-state index in [1.165, 1.54) is 11.6 Å². The number of aromatic nitrogens is 2. The third-order valence-corrected chi connectivity index (χ3v) is 5.72. The molecule has 2 aliphatic rings. The zero-order chi connectivity index (χ0) is 20.0. The van der Waals surface area contributed by atoms with Crippen LogP contribution in [0.5, 0.6) is 5.75 Å². The maximum atomic E-state index is 13.2. The fourth-order valence-corrected chi connectivity index (χ4v) is 3.92. The van der Waals surface area contributed by atoms with Crippen LogP contribution in [-0.4, -0.2) is 22.5 Å². The number of H-pyrrole nitrogens is 1. The van der Waals surface area contributed by atoms with Gasteiger partial charge in [-0.3, -0.25) is 9.59 Å². The number of carbonyl (C=O) groups is 1. The van der Waals surface area contributed by atoms with Crippen molar-refractivity contribution in [2.45, 2.75) is 31.6 Å². The van der Waals surface area contributed by atoms with Gasteiger partial charge in [0.15, 0.2) is 0 Å². The largest absolute Gasteiger partial charge is 0.493 e. The van der Waals surface area contributed by atoms with Gasteiger partial charge in [-0.25, -0.2) is 4.98 Å². The fraction of sp³-hybridized carbons (Fsp3) is 0.261. The molecular weight excluding hydrogens is 366 g/mol. The molecule has 1 amide bonds. The van der Waals surface area contributed by atoms with E-state index < -0.39 is 5.41 Å². The highest BCUT2D eigenvalue weighted by atomic mass is 16.5. The number of carbonyl (C=O) groups excluding carboxylic acids is 1. The first-order chi connectivity index (χ1) is 14.0. The molecule has 1 aliphatic carbocycles. The quantitative estimate of drug-likeness (QED) is 0.719. The molecule has 29 heavy (non-hydrogen) atoms. The number of rotatable bonds is 4. The van der Waals surface area contributed by atoms with E-state index in [0.29, 0.717) is 18.1 Å². The number of nitrogens with zero attached hydrogens (tertiary/aromatic N) is 1. The minimum atomic E-state index is -0.509. The van der Waals surface area contributed by atoms with Gasteiger partial charge in [-0.15, -0.1) is 0 Å². The first-order valence-electron chi connectivity index (χ1n) is 9.79. The highest BCUT2D eigenvalue weighted by molar-refractivity contribution is 6.01. The van der Waals surface area contributed by atoms with E-state index in [4.69, 9.17) is 4.74 Å². The summed E-state index contributed by atoms with van der Waals surface area (Å²) in [5, 5.41) is 3.01. The lowest BCUT2D eigenvalue weighted by molar-refractivity contribution is -0.118. The molecule has 1 aromatic carbocycles. The fourth-order valence-electron chi connectivity index (χ4n) is 3.92. The highest BCUT2D eigenvalue weighted by Gasteiger charge is 2.51. The lowest BCUT2D eigenvalue weighted by Gasteiger charge is -2.17. The maximum Gasteiger partial charge on any atom is 0.247 e. The van der Waals surface area contributed by atoms with E-state index >= 15 is 0 Å². The summed E-state index contributed by atoms with van der Waals surface area (Å²) in [7, 11) is 0. The van der Waals surface area contributed by atoms with Gasteiger partial charge in [-0.05, 0) is 60.7 Å². The molecule has 1 fully saturated rings. The zero-order valence-corrected chi connectivity index (χ0v) is 16.1. The van der Waals surface area contributed by atoms with E-state index in [1.54, 1.807) is 12.3 Å². The molecular formula is C23H21N3O3. The molecule has 5 rings (SSSR count). The molecule has 1 aliphatic heterocycles. The molecule has 0 unspecified atom stereocenters. The second kappa shape index (κ2) is 6.58. The lowest BCUT2D eigenvalue weighted by Crippen LogP contribution is -2.28. The van der Waals surface area contributed by atoms with Crippen molar-refractivity contribution < 1.29 is 9.53 Å². The number of aromatic amines is 1. The molecule has 2 N–H and O–H groups in total. The van der Waals surface area contributed by atoms with Crippen molar-refractivity contribution in [3.63, 3.8) is 0 Å². The molecule has 3 heterocycles. The Labute approximate surface area is 168 Å². The molecule has 0 radical (unpaired) electrons. The Bertz CT molecular complexity index is 1160. The Kier molecular flexibility index (Phi) is 4.01. The number of fused-ring (bicyclic) bond motifs is 1. The van der Waals surface area contributed by atoms with E-state index in [9.17, 15) is 9.59 Å². The van der Waals surface area contributed by atoms with Gasteiger partial charge in [-0.2, -0.15) is 0 Å². The zero-order valence-electron chi connectivity index (χ0n) is 16.1. The van der Waals surface area contributed by atoms with Crippen LogP contribution < -0.4 is 15.6 Å². The van der Waals surface area contributed by atoms with Crippen molar-refractivity contribution in [2.24, 2.45) is 0 Å². The summed E-state index contributed by atoms with van der Waals surface area (Å²) in [6.07, 6.45) is 4.19. The number of hydrogen-bond donors (Lipinski definition) is 2. The van der Waals surface area contributed by atoms with Crippen LogP contribution in [0.25, 0.3) is 11.3 Å². The summed E-state index contributed by atoms with van der Waals surface area (Å²) in [5.41, 5.74) is 4.01. The Hall–Kier alpha value is -3.41. The van der Waals surface area contributed by atoms with Gasteiger partial charge in [0, 0.05) is 24.2 Å². The van der Waals surface area contributed by atoms with Crippen molar-refractivity contribution >= 4 is 11.7 Å². The second-order valence-corrected chi connectivity index (χ2v) is 7.81. The third kappa shape index (κ3) is 3.20. The summed E-state index contributed by atoms with van der Waals surface area (Å²) in [6, 6.07) is 13.1. The van der Waals surface area contributed by atoms with Crippen molar-refractivity contribution in [3.05, 3.63) is 75.7 Å². The molecule has 2 aromatic heterocycles. The van der Waals surface area contributed by atoms with Crippen LogP contribution in [0.4, 0.5) is 5.82 Å². The van der Waals surface area contributed by atoms with Crippen LogP contribution in [0.2, 0.25) is 0 Å². The van der Waals surface area contributed by atoms with Crippen molar-refractivity contribution in [2.75, 3.05) is 11.9 Å². The number of hydrogen-bond acceptors (Lipinski definition) is 4. The van der Waals surface area contributed by atoms with Crippen LogP contribution in [0, 0.1) is 6.92 Å². The predicted octanol–water partition coefficient (Wildman–Crippen LogP) is 3.35. The van der Waals surface area contributed by atoms with Gasteiger partial charge in [0.1, 0.15) is 11.6 Å². The summed E-state index contributed by atoms with van der Waals surface area (Å²) < 4.78 is 5.68. The SMILES string of the molecule is Cc1cc(NC(=O)C2(c3ccc4c(c3)OCC4)CC2)nc(-c2ccc(=O)[nH]c2)c1. The molecule has 0 spiro atoms. The average molecular weight is 387 g/mol. The van der Waals surface area contributed by atoms with Crippen LogP contribution in [0.15, 0.2) is 53.5 Å². The Morgan fingerprint density at radius 2 is 2.03 bits per heavy atom. The number of ether oxygens (including phenoxy) is 1. The Balaban J connectivity index is 1.42. The minimum Gasteiger partial charge on any atom is -0.493 e. The van der Waals surface area contributed by atoms with E-state index in [-0.39, 0.29) is 11.5 Å². The molecule has 146 valence electrons. The van der Waals surface area contributed by atoms with Gasteiger partial charge < -0.3 is 15.0 Å². The highest BCUT2D eigenvalue weighted by Crippen LogP contribution is 2.50. The summed E-state index contributed by atoms with van der Waals surface area (Å²) in [4.78, 5) is 31.7. The van der Waals surface area contributed by atoms with Gasteiger partial charge in [-0.1, -0.05) is 12.1 Å². The smallest absolute Gasteiger partial charge is 0.247 e. The van der Waals surface area contributed by atoms with Crippen LogP contribution in [-0.2, 0) is 16.6 Å². The molecule has 6 heteroatoms. The van der Waals surface area contributed by atoms with Gasteiger partial charge in [0.05, 0.1) is 17.7 Å². The lowest BCUT2D eigenvalue weighted by atomic mass is 9.93. The first kappa shape index (κ1) is 17.7. The van der Waals surface area contributed by atoms with Crippen LogP contribution >= 0.6 is 0 Å². The standard InChI is InChI=1S/C23H21N3O3/c1-14-10-18(16-3-5-21(27)24-13-16)25-20(11-14)26-22(28)23(7-8-23)17-4-2-15-6-9-29-19(15)12-17/h2-5,10-13H,6-9H2,1H3,(H,24,27)(H,25,26,28). The normalized spacial score (nSPS) is 16.0. The Morgan fingerprint density at radius 3 is 2.79 bits per heavy atom. The van der Waals surface area contributed by atoms with E-state index in [0.717, 1.165) is 41.7 Å². The number of aryl methyl sites for hydroxylation is 1. The second-order valence-electron chi connectivity index (χ2n) is 7.81. The van der Waals surface area contributed by atoms with Crippen molar-refractivity contribution in [1.29, 1.82) is 0 Å². The topological polar surface area (TPSA) is 84.1 Å². The maximum absolute atomic E-state index is 13.2. The average Bonchev–Trinajstić information content (AvgIpc) is 3.39. The number of amides is 1. The van der Waals surface area contributed by atoms with Crippen LogP contribution in [0.1, 0.15) is 29.5 Å². The van der Waals surface area contributed by atoms with E-state index in [1.807, 2.05) is 25.1 Å². The monoisotopic (exact) mass is 387 g/mol. The molecule has 0 atom stereocenters. The number of anilines is 1. The Morgan fingerprint density at radius 1 is 1.17 bits per heavy atom. The number of pyridine rings is 2. The molecule has 3 aromatic rings. The minimum absolute atomic E-state index is 0.0408. The van der Waals surface area contributed by atoms with Gasteiger partial charge >= 0.3 is 0 Å². The van der Waals surface area contributed by atoms with E-state index in [2.05, 4.69) is 27.4 Å². The molecule has 1 saturated carbocycles. The van der Waals surface area contributed by atoms with Gasteiger partial charge in [0.25, 0.3) is 0 Å². The summed E-state index contributed by atoms with van der Waals surface area (Å²) in [6.45, 7) is 2.66. The number of benzene rings is 1. The number of nitrogens with one attached hydrogen (secondary N) is 2. The van der Waals surface area contributed by atoms with Gasteiger partial charge in [0.2, 0.25) is 11.5 Å². The summed E-state index contributed by atoms with van der Waals surface area (Å²) >= 11 is 0. The third-order valence-electron chi connectivity index (χ3n) is 5.72. The molecule has 0 saturated heterocycles. The molecule has 0 bridgehead atoms.